The summed E-state index contributed by atoms with van der Waals surface area (Å²) in [4.78, 5) is 21.0. The molecule has 0 unspecified atom stereocenters. The molecule has 2 saturated heterocycles. The van der Waals surface area contributed by atoms with Crippen LogP contribution in [-0.2, 0) is 6.42 Å². The lowest BCUT2D eigenvalue weighted by Gasteiger charge is -2.36. The Balaban J connectivity index is 1.55. The Hall–Kier alpha value is -1.43. The van der Waals surface area contributed by atoms with Gasteiger partial charge < -0.3 is 9.80 Å². The molecule has 0 saturated carbocycles. The molecule has 1 aromatic rings. The molecule has 3 rings (SSSR count). The van der Waals surface area contributed by atoms with Crippen LogP contribution in [0.2, 0.25) is 0 Å². The molecule has 2 aliphatic heterocycles. The monoisotopic (exact) mass is 277 g/mol. The third-order valence-electron chi connectivity index (χ3n) is 4.47. The van der Waals surface area contributed by atoms with Crippen molar-refractivity contribution in [2.75, 3.05) is 26.2 Å². The van der Waals surface area contributed by atoms with Gasteiger partial charge in [0.25, 0.3) is 5.91 Å². The van der Waals surface area contributed by atoms with E-state index >= 15 is 0 Å². The Morgan fingerprint density at radius 3 is 2.55 bits per heavy atom. The van der Waals surface area contributed by atoms with Crippen LogP contribution in [0.25, 0.3) is 0 Å². The smallest absolute Gasteiger partial charge is 0.293 e. The van der Waals surface area contributed by atoms with Crippen LogP contribution in [0.3, 0.4) is 0 Å². The van der Waals surface area contributed by atoms with Crippen LogP contribution >= 0.6 is 0 Å². The van der Waals surface area contributed by atoms with Gasteiger partial charge in [-0.25, -0.2) is 4.98 Å². The number of carbonyl (C=O) groups excluding carboxylic acids is 1. The van der Waals surface area contributed by atoms with Crippen molar-refractivity contribution in [3.63, 3.8) is 0 Å². The standard InChI is InChI=1S/C14H23N5O/c1-2-12-15-13(17-16-12)14(20)19-9-5-11(6-10-19)18-7-3-4-8-18/h11H,2-10H2,1H3,(H,15,16,17). The van der Waals surface area contributed by atoms with Gasteiger partial charge in [-0.15, -0.1) is 5.10 Å². The summed E-state index contributed by atoms with van der Waals surface area (Å²) in [5.41, 5.74) is 0. The fourth-order valence-electron chi connectivity index (χ4n) is 3.23. The number of aromatic amines is 1. The number of nitrogens with zero attached hydrogens (tertiary/aromatic N) is 4. The zero-order valence-electron chi connectivity index (χ0n) is 12.1. The number of H-pyrrole nitrogens is 1. The fourth-order valence-corrected chi connectivity index (χ4v) is 3.23. The van der Waals surface area contributed by atoms with Crippen molar-refractivity contribution in [2.45, 2.75) is 45.1 Å². The fraction of sp³-hybridized carbons (Fsp3) is 0.786. The predicted octanol–water partition coefficient (Wildman–Crippen LogP) is 1.07. The number of aromatic nitrogens is 3. The molecule has 0 bridgehead atoms. The van der Waals surface area contributed by atoms with Crippen LogP contribution < -0.4 is 0 Å². The first-order valence-electron chi connectivity index (χ1n) is 7.72. The van der Waals surface area contributed by atoms with E-state index in [0.717, 1.165) is 38.2 Å². The summed E-state index contributed by atoms with van der Waals surface area (Å²) in [5.74, 6) is 1.07. The molecular weight excluding hydrogens is 254 g/mol. The van der Waals surface area contributed by atoms with E-state index in [9.17, 15) is 4.79 Å². The van der Waals surface area contributed by atoms with Gasteiger partial charge in [0.1, 0.15) is 5.82 Å². The molecule has 0 spiro atoms. The van der Waals surface area contributed by atoms with E-state index in [4.69, 9.17) is 0 Å². The number of piperidine rings is 1. The summed E-state index contributed by atoms with van der Waals surface area (Å²) in [6.07, 6.45) is 5.59. The number of carbonyl (C=O) groups is 1. The minimum absolute atomic E-state index is 0.0270. The van der Waals surface area contributed by atoms with E-state index in [0.29, 0.717) is 11.9 Å². The minimum Gasteiger partial charge on any atom is -0.336 e. The summed E-state index contributed by atoms with van der Waals surface area (Å²) < 4.78 is 0. The molecule has 2 aliphatic rings. The summed E-state index contributed by atoms with van der Waals surface area (Å²) in [6.45, 7) is 6.13. The van der Waals surface area contributed by atoms with Gasteiger partial charge in [0.2, 0.25) is 5.82 Å². The van der Waals surface area contributed by atoms with Crippen molar-refractivity contribution in [1.82, 2.24) is 25.0 Å². The molecule has 0 atom stereocenters. The molecule has 1 N–H and O–H groups in total. The van der Waals surface area contributed by atoms with Gasteiger partial charge in [-0.2, -0.15) is 0 Å². The first-order chi connectivity index (χ1) is 9.78. The van der Waals surface area contributed by atoms with Crippen molar-refractivity contribution in [3.05, 3.63) is 11.6 Å². The SMILES string of the molecule is CCc1nc(C(=O)N2CCC(N3CCCC3)CC2)n[nH]1. The molecule has 6 heteroatoms. The second kappa shape index (κ2) is 5.91. The zero-order valence-corrected chi connectivity index (χ0v) is 12.1. The van der Waals surface area contributed by atoms with Gasteiger partial charge in [-0.05, 0) is 38.8 Å². The maximum atomic E-state index is 12.3. The van der Waals surface area contributed by atoms with E-state index in [1.807, 2.05) is 11.8 Å². The highest BCUT2D eigenvalue weighted by molar-refractivity contribution is 5.90. The highest BCUT2D eigenvalue weighted by Crippen LogP contribution is 2.21. The minimum atomic E-state index is -0.0270. The Morgan fingerprint density at radius 2 is 1.95 bits per heavy atom. The number of nitrogens with one attached hydrogen (secondary N) is 1. The Morgan fingerprint density at radius 1 is 1.25 bits per heavy atom. The average molecular weight is 277 g/mol. The summed E-state index contributed by atoms with van der Waals surface area (Å²) in [6, 6.07) is 0.667. The van der Waals surface area contributed by atoms with Crippen LogP contribution in [0, 0.1) is 0 Å². The third kappa shape index (κ3) is 2.70. The molecule has 3 heterocycles. The Labute approximate surface area is 119 Å². The van der Waals surface area contributed by atoms with Crippen molar-refractivity contribution in [1.29, 1.82) is 0 Å². The van der Waals surface area contributed by atoms with Crippen LogP contribution in [-0.4, -0.2) is 63.1 Å². The van der Waals surface area contributed by atoms with E-state index in [-0.39, 0.29) is 5.91 Å². The van der Waals surface area contributed by atoms with E-state index in [1.54, 1.807) is 0 Å². The lowest BCUT2D eigenvalue weighted by atomic mass is 10.0. The van der Waals surface area contributed by atoms with Crippen molar-refractivity contribution < 1.29 is 4.79 Å². The van der Waals surface area contributed by atoms with Gasteiger partial charge in [0.05, 0.1) is 0 Å². The quantitative estimate of drug-likeness (QED) is 0.897. The number of hydrogen-bond donors (Lipinski definition) is 1. The van der Waals surface area contributed by atoms with E-state index < -0.39 is 0 Å². The largest absolute Gasteiger partial charge is 0.336 e. The molecule has 1 amide bonds. The lowest BCUT2D eigenvalue weighted by Crippen LogP contribution is -2.46. The molecule has 0 radical (unpaired) electrons. The third-order valence-corrected chi connectivity index (χ3v) is 4.47. The maximum Gasteiger partial charge on any atom is 0.293 e. The van der Waals surface area contributed by atoms with Gasteiger partial charge in [0.15, 0.2) is 0 Å². The van der Waals surface area contributed by atoms with Crippen molar-refractivity contribution in [2.24, 2.45) is 0 Å². The maximum absolute atomic E-state index is 12.3. The summed E-state index contributed by atoms with van der Waals surface area (Å²) >= 11 is 0. The first-order valence-corrected chi connectivity index (χ1v) is 7.72. The molecule has 6 nitrogen and oxygen atoms in total. The Kier molecular flexibility index (Phi) is 4.00. The predicted molar refractivity (Wildman–Crippen MR) is 75.5 cm³/mol. The number of amides is 1. The number of likely N-dealkylation sites (tertiary alicyclic amines) is 2. The Bertz CT molecular complexity index is 458. The van der Waals surface area contributed by atoms with E-state index in [1.165, 1.54) is 25.9 Å². The molecule has 110 valence electrons. The topological polar surface area (TPSA) is 65.1 Å². The van der Waals surface area contributed by atoms with Gasteiger partial charge in [-0.1, -0.05) is 6.92 Å². The molecule has 0 aliphatic carbocycles. The van der Waals surface area contributed by atoms with Gasteiger partial charge in [0, 0.05) is 25.6 Å². The molecule has 1 aromatic heterocycles. The average Bonchev–Trinajstić information content (AvgIpc) is 3.18. The molecule has 20 heavy (non-hydrogen) atoms. The second-order valence-corrected chi connectivity index (χ2v) is 5.73. The normalized spacial score (nSPS) is 21.6. The first kappa shape index (κ1) is 13.5. The van der Waals surface area contributed by atoms with Crippen molar-refractivity contribution in [3.8, 4) is 0 Å². The lowest BCUT2D eigenvalue weighted by molar-refractivity contribution is 0.0633. The van der Waals surface area contributed by atoms with Gasteiger partial charge in [-0.3, -0.25) is 9.89 Å². The molecule has 2 fully saturated rings. The van der Waals surface area contributed by atoms with Crippen LogP contribution in [0.1, 0.15) is 49.1 Å². The highest BCUT2D eigenvalue weighted by atomic mass is 16.2. The number of aryl methyl sites for hydroxylation is 1. The van der Waals surface area contributed by atoms with Crippen LogP contribution in [0.5, 0.6) is 0 Å². The van der Waals surface area contributed by atoms with Crippen LogP contribution in [0.4, 0.5) is 0 Å². The van der Waals surface area contributed by atoms with Gasteiger partial charge >= 0.3 is 0 Å². The summed E-state index contributed by atoms with van der Waals surface area (Å²) in [7, 11) is 0. The van der Waals surface area contributed by atoms with Crippen molar-refractivity contribution >= 4 is 5.91 Å². The number of rotatable bonds is 3. The number of hydrogen-bond acceptors (Lipinski definition) is 4. The van der Waals surface area contributed by atoms with E-state index in [2.05, 4.69) is 20.1 Å². The highest BCUT2D eigenvalue weighted by Gasteiger charge is 2.29. The molecule has 0 aromatic carbocycles. The molecular formula is C14H23N5O. The second-order valence-electron chi connectivity index (χ2n) is 5.73. The zero-order chi connectivity index (χ0) is 13.9. The van der Waals surface area contributed by atoms with Crippen LogP contribution in [0.15, 0.2) is 0 Å². The summed E-state index contributed by atoms with van der Waals surface area (Å²) in [5, 5.41) is 6.83.